The first kappa shape index (κ1) is 15.1. The molecule has 4 rings (SSSR count). The van der Waals surface area contributed by atoms with Gasteiger partial charge >= 0.3 is 0 Å². The molecule has 0 aliphatic carbocycles. The molecule has 0 aliphatic heterocycles. The Morgan fingerprint density at radius 1 is 0.583 bits per heavy atom. The highest BCUT2D eigenvalue weighted by atomic mass is 16.3. The molecule has 0 unspecified atom stereocenters. The van der Waals surface area contributed by atoms with Crippen molar-refractivity contribution in [1.82, 2.24) is 0 Å². The van der Waals surface area contributed by atoms with Gasteiger partial charge in [0, 0.05) is 13.2 Å². The Hall–Kier alpha value is -2.42. The highest BCUT2D eigenvalue weighted by Crippen LogP contribution is 2.33. The van der Waals surface area contributed by atoms with E-state index >= 15 is 0 Å². The smallest absolute Gasteiger partial charge is 0.0471 e. The molecule has 0 fully saturated rings. The highest BCUT2D eigenvalue weighted by Gasteiger charge is 2.10. The zero-order chi connectivity index (χ0) is 16.5. The zero-order valence-corrected chi connectivity index (χ0v) is 13.5. The number of hydrogen-bond donors (Lipinski definition) is 2. The van der Waals surface area contributed by atoms with Gasteiger partial charge in [0.15, 0.2) is 0 Å². The highest BCUT2D eigenvalue weighted by molar-refractivity contribution is 6.08. The van der Waals surface area contributed by atoms with E-state index in [0.717, 1.165) is 0 Å². The molecule has 2 nitrogen and oxygen atoms in total. The summed E-state index contributed by atoms with van der Waals surface area (Å²) in [5.41, 5.74) is 2.37. The van der Waals surface area contributed by atoms with Crippen molar-refractivity contribution >= 4 is 32.3 Å². The number of aliphatic hydroxyl groups excluding tert-OH is 2. The molecule has 4 aromatic carbocycles. The van der Waals surface area contributed by atoms with Gasteiger partial charge in [-0.1, -0.05) is 42.5 Å². The second-order valence-electron chi connectivity index (χ2n) is 6.24. The Morgan fingerprint density at radius 3 is 2.08 bits per heavy atom. The van der Waals surface area contributed by atoms with Crippen LogP contribution in [0.3, 0.4) is 0 Å². The maximum atomic E-state index is 9.56. The molecule has 0 aromatic heterocycles. The maximum Gasteiger partial charge on any atom is 0.0471 e. The van der Waals surface area contributed by atoms with Crippen molar-refractivity contribution < 1.29 is 10.2 Å². The van der Waals surface area contributed by atoms with Crippen LogP contribution in [0.2, 0.25) is 0 Å². The number of hydrogen-bond acceptors (Lipinski definition) is 2. The molecule has 0 heterocycles. The van der Waals surface area contributed by atoms with E-state index in [-0.39, 0.29) is 13.2 Å². The van der Waals surface area contributed by atoms with Crippen LogP contribution in [0.25, 0.3) is 32.3 Å². The molecule has 0 spiro atoms. The Morgan fingerprint density at radius 2 is 1.29 bits per heavy atom. The number of rotatable bonds is 4. The van der Waals surface area contributed by atoms with Gasteiger partial charge in [0.1, 0.15) is 0 Å². The summed E-state index contributed by atoms with van der Waals surface area (Å²) < 4.78 is 0. The molecule has 0 saturated heterocycles. The molecule has 0 atom stereocenters. The Balaban J connectivity index is 2.12. The molecule has 4 aromatic rings. The number of benzene rings is 4. The molecule has 24 heavy (non-hydrogen) atoms. The van der Waals surface area contributed by atoms with Gasteiger partial charge in [-0.05, 0) is 74.5 Å². The molecule has 0 amide bonds. The Labute approximate surface area is 141 Å². The lowest BCUT2D eigenvalue weighted by Gasteiger charge is -2.13. The standard InChI is InChI=1S/C22H20O2/c23-10-8-15-5-3-6-17-13-18-12-16-4-1-2-7-19(16)20(9-11-24)22(18)14-21(15)17/h1-7,12-14,23-24H,8-11H2. The fraction of sp³-hybridized carbons (Fsp3) is 0.182. The number of fused-ring (bicyclic) bond motifs is 3. The van der Waals surface area contributed by atoms with E-state index in [1.807, 2.05) is 6.07 Å². The van der Waals surface area contributed by atoms with E-state index in [2.05, 4.69) is 54.6 Å². The third kappa shape index (κ3) is 2.44. The van der Waals surface area contributed by atoms with Crippen molar-refractivity contribution in [3.05, 3.63) is 71.8 Å². The predicted molar refractivity (Wildman–Crippen MR) is 101 cm³/mol. The molecular formula is C22H20O2. The Kier molecular flexibility index (Phi) is 3.93. The lowest BCUT2D eigenvalue weighted by atomic mass is 9.91. The van der Waals surface area contributed by atoms with E-state index in [4.69, 9.17) is 0 Å². The van der Waals surface area contributed by atoms with Crippen molar-refractivity contribution in [2.24, 2.45) is 0 Å². The largest absolute Gasteiger partial charge is 0.396 e. The second-order valence-corrected chi connectivity index (χ2v) is 6.24. The van der Waals surface area contributed by atoms with Gasteiger partial charge in [0.2, 0.25) is 0 Å². The molecule has 120 valence electrons. The minimum absolute atomic E-state index is 0.138. The van der Waals surface area contributed by atoms with E-state index in [9.17, 15) is 10.2 Å². The van der Waals surface area contributed by atoms with Crippen LogP contribution in [0.4, 0.5) is 0 Å². The summed E-state index contributed by atoms with van der Waals surface area (Å²) in [5.74, 6) is 0. The quantitative estimate of drug-likeness (QED) is 0.554. The predicted octanol–water partition coefficient (Wildman–Crippen LogP) is 4.22. The van der Waals surface area contributed by atoms with Crippen LogP contribution in [0.15, 0.2) is 60.7 Å². The summed E-state index contributed by atoms with van der Waals surface area (Å²) in [7, 11) is 0. The first-order chi connectivity index (χ1) is 11.8. The van der Waals surface area contributed by atoms with E-state index in [0.29, 0.717) is 12.8 Å². The zero-order valence-electron chi connectivity index (χ0n) is 13.5. The van der Waals surface area contributed by atoms with Crippen molar-refractivity contribution in [3.8, 4) is 0 Å². The summed E-state index contributed by atoms with van der Waals surface area (Å²) in [4.78, 5) is 0. The van der Waals surface area contributed by atoms with Crippen LogP contribution in [0, 0.1) is 0 Å². The number of aliphatic hydroxyl groups is 2. The van der Waals surface area contributed by atoms with Crippen molar-refractivity contribution in [2.45, 2.75) is 12.8 Å². The molecule has 2 heteroatoms. The fourth-order valence-corrected chi connectivity index (χ4v) is 3.72. The van der Waals surface area contributed by atoms with Crippen LogP contribution in [0.5, 0.6) is 0 Å². The molecule has 2 N–H and O–H groups in total. The van der Waals surface area contributed by atoms with Crippen molar-refractivity contribution in [2.75, 3.05) is 13.2 Å². The van der Waals surface area contributed by atoms with E-state index in [1.165, 1.54) is 43.4 Å². The van der Waals surface area contributed by atoms with Gasteiger partial charge in [-0.3, -0.25) is 0 Å². The summed E-state index contributed by atoms with van der Waals surface area (Å²) in [6.07, 6.45) is 1.30. The minimum Gasteiger partial charge on any atom is -0.396 e. The third-order valence-electron chi connectivity index (χ3n) is 4.81. The van der Waals surface area contributed by atoms with Gasteiger partial charge in [0.25, 0.3) is 0 Å². The summed E-state index contributed by atoms with van der Waals surface area (Å²) >= 11 is 0. The van der Waals surface area contributed by atoms with Gasteiger partial charge in [-0.2, -0.15) is 0 Å². The normalized spacial score (nSPS) is 11.6. The van der Waals surface area contributed by atoms with Crippen LogP contribution in [0.1, 0.15) is 11.1 Å². The lowest BCUT2D eigenvalue weighted by Crippen LogP contribution is -1.96. The molecular weight excluding hydrogens is 296 g/mol. The summed E-state index contributed by atoms with van der Waals surface area (Å²) in [5, 5.41) is 26.1. The lowest BCUT2D eigenvalue weighted by molar-refractivity contribution is 0.300. The average Bonchev–Trinajstić information content (AvgIpc) is 2.61. The van der Waals surface area contributed by atoms with Crippen LogP contribution < -0.4 is 0 Å². The van der Waals surface area contributed by atoms with E-state index in [1.54, 1.807) is 0 Å². The van der Waals surface area contributed by atoms with Crippen LogP contribution >= 0.6 is 0 Å². The van der Waals surface area contributed by atoms with Gasteiger partial charge in [-0.25, -0.2) is 0 Å². The van der Waals surface area contributed by atoms with Gasteiger partial charge in [0.05, 0.1) is 0 Å². The SMILES string of the molecule is OCCc1cccc2cc3cc4ccccc4c(CCO)c3cc12. The first-order valence-electron chi connectivity index (χ1n) is 8.39. The molecule has 0 saturated carbocycles. The minimum atomic E-state index is 0.138. The monoisotopic (exact) mass is 316 g/mol. The summed E-state index contributed by atoms with van der Waals surface area (Å²) in [6, 6.07) is 21.3. The van der Waals surface area contributed by atoms with Crippen molar-refractivity contribution in [1.29, 1.82) is 0 Å². The molecule has 0 radical (unpaired) electrons. The third-order valence-corrected chi connectivity index (χ3v) is 4.81. The average molecular weight is 316 g/mol. The molecule has 0 bridgehead atoms. The Bertz CT molecular complexity index is 1030. The van der Waals surface area contributed by atoms with Crippen molar-refractivity contribution in [3.63, 3.8) is 0 Å². The molecule has 0 aliphatic rings. The van der Waals surface area contributed by atoms with E-state index < -0.39 is 0 Å². The van der Waals surface area contributed by atoms with Crippen LogP contribution in [-0.2, 0) is 12.8 Å². The van der Waals surface area contributed by atoms with Gasteiger partial charge < -0.3 is 10.2 Å². The van der Waals surface area contributed by atoms with Gasteiger partial charge in [-0.15, -0.1) is 0 Å². The fourth-order valence-electron chi connectivity index (χ4n) is 3.72. The topological polar surface area (TPSA) is 40.5 Å². The first-order valence-corrected chi connectivity index (χ1v) is 8.39. The maximum absolute atomic E-state index is 9.56. The van der Waals surface area contributed by atoms with Crippen LogP contribution in [-0.4, -0.2) is 23.4 Å². The summed E-state index contributed by atoms with van der Waals surface area (Å²) in [6.45, 7) is 0.289. The second kappa shape index (κ2) is 6.23.